The van der Waals surface area contributed by atoms with Crippen LogP contribution in [0, 0.1) is 6.92 Å². The molecule has 0 saturated carbocycles. The molecule has 2 N–H and O–H groups in total. The van der Waals surface area contributed by atoms with Crippen LogP contribution in [0.25, 0.3) is 0 Å². The smallest absolute Gasteiger partial charge is 0.275 e. The monoisotopic (exact) mass is 469 g/mol. The van der Waals surface area contributed by atoms with Crippen molar-refractivity contribution in [3.63, 3.8) is 0 Å². The van der Waals surface area contributed by atoms with Crippen LogP contribution in [0.3, 0.4) is 0 Å². The van der Waals surface area contributed by atoms with E-state index >= 15 is 0 Å². The number of aryl methyl sites for hydroxylation is 1. The normalized spacial score (nSPS) is 11.0. The van der Waals surface area contributed by atoms with Crippen molar-refractivity contribution in [1.29, 1.82) is 0 Å². The molecule has 1 aromatic heterocycles. The van der Waals surface area contributed by atoms with Gasteiger partial charge < -0.3 is 15.0 Å². The molecule has 0 fully saturated rings. The number of nitrogens with one attached hydrogen (secondary N) is 2. The lowest BCUT2D eigenvalue weighted by Gasteiger charge is -2.25. The van der Waals surface area contributed by atoms with E-state index in [-0.39, 0.29) is 10.6 Å². The summed E-state index contributed by atoms with van der Waals surface area (Å²) in [5, 5.41) is 2.70. The first-order chi connectivity index (χ1) is 15.8. The Hall–Kier alpha value is -3.66. The SMILES string of the molecule is CCN(CC)c1ccc(NC(=O)c2cnc(C)cn2)cc1S(=O)(=O)Nc1ccc(OC)cc1. The Bertz CT molecular complexity index is 1210. The molecule has 0 aliphatic carbocycles. The number of ether oxygens (including phenoxy) is 1. The van der Waals surface area contributed by atoms with Crippen LogP contribution in [0.4, 0.5) is 17.1 Å². The van der Waals surface area contributed by atoms with Gasteiger partial charge in [0, 0.05) is 30.7 Å². The van der Waals surface area contributed by atoms with Crippen LogP contribution in [0.1, 0.15) is 30.0 Å². The van der Waals surface area contributed by atoms with Crippen LogP contribution < -0.4 is 19.7 Å². The molecule has 0 saturated heterocycles. The number of nitrogens with zero attached hydrogens (tertiary/aromatic N) is 3. The molecule has 33 heavy (non-hydrogen) atoms. The molecular weight excluding hydrogens is 442 g/mol. The molecule has 0 radical (unpaired) electrons. The Morgan fingerprint density at radius 3 is 2.24 bits per heavy atom. The molecule has 0 atom stereocenters. The molecule has 0 bridgehead atoms. The summed E-state index contributed by atoms with van der Waals surface area (Å²) in [7, 11) is -2.43. The summed E-state index contributed by atoms with van der Waals surface area (Å²) in [5.41, 5.74) is 2.08. The molecule has 0 aliphatic heterocycles. The molecule has 3 aromatic rings. The molecule has 1 amide bonds. The quantitative estimate of drug-likeness (QED) is 0.491. The molecule has 0 unspecified atom stereocenters. The van der Waals surface area contributed by atoms with Gasteiger partial charge in [0.25, 0.3) is 15.9 Å². The minimum absolute atomic E-state index is 0.0507. The van der Waals surface area contributed by atoms with E-state index < -0.39 is 15.9 Å². The van der Waals surface area contributed by atoms with Crippen molar-refractivity contribution in [2.45, 2.75) is 25.7 Å². The Balaban J connectivity index is 1.96. The number of aromatic nitrogens is 2. The summed E-state index contributed by atoms with van der Waals surface area (Å²) in [5.74, 6) is 0.134. The molecule has 2 aromatic carbocycles. The molecule has 174 valence electrons. The van der Waals surface area contributed by atoms with Crippen LogP contribution in [-0.4, -0.2) is 44.5 Å². The summed E-state index contributed by atoms with van der Waals surface area (Å²) in [6.45, 7) is 6.90. The fourth-order valence-electron chi connectivity index (χ4n) is 3.21. The van der Waals surface area contributed by atoms with Crippen molar-refractivity contribution in [3.8, 4) is 5.75 Å². The molecule has 9 nitrogen and oxygen atoms in total. The van der Waals surface area contributed by atoms with Gasteiger partial charge in [0.1, 0.15) is 16.3 Å². The van der Waals surface area contributed by atoms with Gasteiger partial charge >= 0.3 is 0 Å². The second-order valence-corrected chi connectivity index (χ2v) is 8.84. The molecule has 10 heteroatoms. The highest BCUT2D eigenvalue weighted by Gasteiger charge is 2.23. The average Bonchev–Trinajstić information content (AvgIpc) is 2.81. The van der Waals surface area contributed by atoms with Gasteiger partial charge in [-0.15, -0.1) is 0 Å². The third-order valence-corrected chi connectivity index (χ3v) is 6.38. The fraction of sp³-hybridized carbons (Fsp3) is 0.261. The highest BCUT2D eigenvalue weighted by Crippen LogP contribution is 2.30. The van der Waals surface area contributed by atoms with Crippen LogP contribution in [0.2, 0.25) is 0 Å². The third kappa shape index (κ3) is 5.78. The summed E-state index contributed by atoms with van der Waals surface area (Å²) >= 11 is 0. The predicted octanol–water partition coefficient (Wildman–Crippen LogP) is 3.69. The maximum Gasteiger partial charge on any atom is 0.275 e. The molecule has 3 rings (SSSR count). The van der Waals surface area contributed by atoms with Crippen LogP contribution in [-0.2, 0) is 10.0 Å². The standard InChI is InChI=1S/C23H27N5O4S/c1-5-28(6-2)21-12-9-18(26-23(29)20-15-24-16(3)14-25-20)13-22(21)33(30,31)27-17-7-10-19(32-4)11-8-17/h7-15,27H,5-6H2,1-4H3,(H,26,29). The van der Waals surface area contributed by atoms with E-state index in [0.29, 0.717) is 41.6 Å². The van der Waals surface area contributed by atoms with Crippen molar-refractivity contribution in [2.75, 3.05) is 35.1 Å². The number of methoxy groups -OCH3 is 1. The number of anilines is 3. The van der Waals surface area contributed by atoms with Gasteiger partial charge in [-0.05, 0) is 63.2 Å². The number of hydrogen-bond donors (Lipinski definition) is 2. The van der Waals surface area contributed by atoms with Crippen molar-refractivity contribution in [3.05, 3.63) is 66.2 Å². The van der Waals surface area contributed by atoms with E-state index in [1.54, 1.807) is 43.3 Å². The maximum absolute atomic E-state index is 13.4. The maximum atomic E-state index is 13.4. The summed E-state index contributed by atoms with van der Waals surface area (Å²) < 4.78 is 34.4. The van der Waals surface area contributed by atoms with Crippen LogP contribution >= 0.6 is 0 Å². The number of hydrogen-bond acceptors (Lipinski definition) is 7. The Morgan fingerprint density at radius 2 is 1.67 bits per heavy atom. The zero-order chi connectivity index (χ0) is 24.0. The number of amides is 1. The highest BCUT2D eigenvalue weighted by atomic mass is 32.2. The van der Waals surface area contributed by atoms with Crippen molar-refractivity contribution in [1.82, 2.24) is 9.97 Å². The van der Waals surface area contributed by atoms with Crippen LogP contribution in [0.15, 0.2) is 59.8 Å². The van der Waals surface area contributed by atoms with E-state index in [2.05, 4.69) is 20.0 Å². The van der Waals surface area contributed by atoms with Crippen molar-refractivity contribution >= 4 is 33.0 Å². The van der Waals surface area contributed by atoms with E-state index in [4.69, 9.17) is 4.74 Å². The minimum Gasteiger partial charge on any atom is -0.497 e. The van der Waals surface area contributed by atoms with Gasteiger partial charge in [0.05, 0.1) is 24.7 Å². The average molecular weight is 470 g/mol. The number of carbonyl (C=O) groups is 1. The summed E-state index contributed by atoms with van der Waals surface area (Å²) in [6.07, 6.45) is 2.87. The largest absolute Gasteiger partial charge is 0.497 e. The topological polar surface area (TPSA) is 114 Å². The molecule has 0 aliphatic rings. The lowest BCUT2D eigenvalue weighted by Crippen LogP contribution is -2.26. The van der Waals surface area contributed by atoms with Gasteiger partial charge in [-0.2, -0.15) is 0 Å². The first-order valence-electron chi connectivity index (χ1n) is 10.4. The van der Waals surface area contributed by atoms with Gasteiger partial charge in [0.15, 0.2) is 0 Å². The first-order valence-corrected chi connectivity index (χ1v) is 11.9. The van der Waals surface area contributed by atoms with Crippen molar-refractivity contribution in [2.24, 2.45) is 0 Å². The van der Waals surface area contributed by atoms with E-state index in [1.807, 2.05) is 18.7 Å². The van der Waals surface area contributed by atoms with E-state index in [1.165, 1.54) is 25.6 Å². The zero-order valence-corrected chi connectivity index (χ0v) is 19.8. The third-order valence-electron chi connectivity index (χ3n) is 4.97. The molecular formula is C23H27N5O4S. The minimum atomic E-state index is -3.97. The first kappa shape index (κ1) is 24.0. The molecule has 1 heterocycles. The summed E-state index contributed by atoms with van der Waals surface area (Å²) in [4.78, 5) is 22.7. The second-order valence-electron chi connectivity index (χ2n) is 7.19. The zero-order valence-electron chi connectivity index (χ0n) is 19.0. The lowest BCUT2D eigenvalue weighted by molar-refractivity contribution is 0.102. The van der Waals surface area contributed by atoms with Crippen molar-refractivity contribution < 1.29 is 17.9 Å². The predicted molar refractivity (Wildman–Crippen MR) is 129 cm³/mol. The Kier molecular flexibility index (Phi) is 7.49. The van der Waals surface area contributed by atoms with E-state index in [0.717, 1.165) is 0 Å². The highest BCUT2D eigenvalue weighted by molar-refractivity contribution is 7.92. The Morgan fingerprint density at radius 1 is 1.00 bits per heavy atom. The van der Waals surface area contributed by atoms with Gasteiger partial charge in [0.2, 0.25) is 0 Å². The van der Waals surface area contributed by atoms with Gasteiger partial charge in [-0.1, -0.05) is 0 Å². The number of sulfonamides is 1. The summed E-state index contributed by atoms with van der Waals surface area (Å²) in [6, 6.07) is 11.4. The fourth-order valence-corrected chi connectivity index (χ4v) is 4.52. The van der Waals surface area contributed by atoms with Gasteiger partial charge in [-0.3, -0.25) is 14.5 Å². The van der Waals surface area contributed by atoms with E-state index in [9.17, 15) is 13.2 Å². The number of rotatable bonds is 9. The molecule has 0 spiro atoms. The van der Waals surface area contributed by atoms with Gasteiger partial charge in [-0.25, -0.2) is 13.4 Å². The Labute approximate surface area is 193 Å². The van der Waals surface area contributed by atoms with Crippen LogP contribution in [0.5, 0.6) is 5.75 Å². The lowest BCUT2D eigenvalue weighted by atomic mass is 10.2. The number of benzene rings is 2. The number of carbonyl (C=O) groups excluding carboxylic acids is 1. The second kappa shape index (κ2) is 10.3.